The number of nitrogens with one attached hydrogen (secondary N) is 2. The van der Waals surface area contributed by atoms with Gasteiger partial charge >= 0.3 is 0 Å². The zero-order chi connectivity index (χ0) is 12.4. The Labute approximate surface area is 136 Å². The molecule has 20 heavy (non-hydrogen) atoms. The number of nitrogens with zero attached hydrogens (tertiary/aromatic N) is 1. The van der Waals surface area contributed by atoms with E-state index in [4.69, 9.17) is 11.6 Å². The molecular weight excluding hydrogens is 317 g/mol. The molecule has 1 saturated carbocycles. The molecule has 0 bridgehead atoms. The van der Waals surface area contributed by atoms with Crippen molar-refractivity contribution < 1.29 is 0 Å². The van der Waals surface area contributed by atoms with Gasteiger partial charge in [-0.15, -0.1) is 24.8 Å². The highest BCUT2D eigenvalue weighted by Crippen LogP contribution is 2.45. The maximum Gasteiger partial charge on any atom is 0.0921 e. The van der Waals surface area contributed by atoms with E-state index in [0.717, 1.165) is 24.0 Å². The molecule has 6 heteroatoms. The smallest absolute Gasteiger partial charge is 0.0921 e. The fourth-order valence-electron chi connectivity index (χ4n) is 2.33. The topological polar surface area (TPSA) is 40.7 Å². The minimum Gasteiger partial charge on any atom is -0.348 e. The highest BCUT2D eigenvalue weighted by molar-refractivity contribution is 6.30. The van der Waals surface area contributed by atoms with Crippen LogP contribution in [-0.4, -0.2) is 16.5 Å². The van der Waals surface area contributed by atoms with Crippen LogP contribution in [0, 0.1) is 5.92 Å². The second-order valence-corrected chi connectivity index (χ2v) is 5.30. The molecule has 0 spiro atoms. The quantitative estimate of drug-likeness (QED) is 0.873. The number of halogens is 3. The van der Waals surface area contributed by atoms with Crippen molar-refractivity contribution in [3.8, 4) is 0 Å². The third kappa shape index (κ3) is 4.38. The van der Waals surface area contributed by atoms with Crippen LogP contribution in [-0.2, 0) is 6.54 Å². The van der Waals surface area contributed by atoms with Crippen LogP contribution < -0.4 is 5.32 Å². The molecule has 2 N–H and O–H groups in total. The SMILES string of the molecule is Cl.Cl.Clc1ccc(CNC[C@@H]2C[C@@H]2c2cnc[nH]2)cc1. The first-order valence-electron chi connectivity index (χ1n) is 6.26. The summed E-state index contributed by atoms with van der Waals surface area (Å²) in [5, 5.41) is 4.29. The summed E-state index contributed by atoms with van der Waals surface area (Å²) in [5.74, 6) is 1.42. The van der Waals surface area contributed by atoms with Crippen LogP contribution >= 0.6 is 36.4 Å². The molecule has 3 nitrogen and oxygen atoms in total. The Morgan fingerprint density at radius 3 is 2.65 bits per heavy atom. The second kappa shape index (κ2) is 7.89. The van der Waals surface area contributed by atoms with E-state index < -0.39 is 0 Å². The molecule has 2 atom stereocenters. The molecule has 1 aromatic carbocycles. The summed E-state index contributed by atoms with van der Waals surface area (Å²) in [6.07, 6.45) is 4.95. The van der Waals surface area contributed by atoms with Crippen molar-refractivity contribution in [2.75, 3.05) is 6.54 Å². The van der Waals surface area contributed by atoms with Crippen molar-refractivity contribution in [3.63, 3.8) is 0 Å². The molecule has 0 amide bonds. The van der Waals surface area contributed by atoms with Gasteiger partial charge in [-0.05, 0) is 36.6 Å². The van der Waals surface area contributed by atoms with Gasteiger partial charge in [-0.1, -0.05) is 23.7 Å². The van der Waals surface area contributed by atoms with E-state index in [1.54, 1.807) is 6.33 Å². The van der Waals surface area contributed by atoms with Crippen LogP contribution in [0.3, 0.4) is 0 Å². The van der Waals surface area contributed by atoms with Crippen molar-refractivity contribution in [2.24, 2.45) is 5.92 Å². The zero-order valence-corrected chi connectivity index (χ0v) is 13.3. The standard InChI is InChI=1S/C14H16ClN3.2ClH/c15-12-3-1-10(2-4-12)6-16-7-11-5-13(11)14-8-17-9-18-14;;/h1-4,8-9,11,13,16H,5-7H2,(H,17,18);2*1H/t11-,13-;;/m0../s1. The highest BCUT2D eigenvalue weighted by Gasteiger charge is 2.38. The lowest BCUT2D eigenvalue weighted by Crippen LogP contribution is -2.16. The largest absolute Gasteiger partial charge is 0.348 e. The molecule has 0 unspecified atom stereocenters. The first-order valence-corrected chi connectivity index (χ1v) is 6.64. The minimum atomic E-state index is 0. The number of H-pyrrole nitrogens is 1. The Morgan fingerprint density at radius 2 is 2.00 bits per heavy atom. The van der Waals surface area contributed by atoms with Gasteiger partial charge in [-0.3, -0.25) is 0 Å². The fourth-order valence-corrected chi connectivity index (χ4v) is 2.45. The van der Waals surface area contributed by atoms with Crippen LogP contribution in [0.2, 0.25) is 5.02 Å². The normalized spacial score (nSPS) is 19.9. The Balaban J connectivity index is 0.000001000. The average Bonchev–Trinajstić information content (AvgIpc) is 2.94. The van der Waals surface area contributed by atoms with E-state index in [2.05, 4.69) is 27.4 Å². The fraction of sp³-hybridized carbons (Fsp3) is 0.357. The van der Waals surface area contributed by atoms with Crippen LogP contribution in [0.5, 0.6) is 0 Å². The monoisotopic (exact) mass is 333 g/mol. The lowest BCUT2D eigenvalue weighted by atomic mass is 10.2. The van der Waals surface area contributed by atoms with E-state index in [9.17, 15) is 0 Å². The van der Waals surface area contributed by atoms with Crippen molar-refractivity contribution in [2.45, 2.75) is 18.9 Å². The van der Waals surface area contributed by atoms with Crippen LogP contribution in [0.25, 0.3) is 0 Å². The van der Waals surface area contributed by atoms with E-state index in [1.165, 1.54) is 17.7 Å². The van der Waals surface area contributed by atoms with E-state index >= 15 is 0 Å². The second-order valence-electron chi connectivity index (χ2n) is 4.87. The van der Waals surface area contributed by atoms with Gasteiger partial charge in [-0.25, -0.2) is 4.98 Å². The van der Waals surface area contributed by atoms with Crippen molar-refractivity contribution in [1.82, 2.24) is 15.3 Å². The Bertz CT molecular complexity index is 499. The number of hydrogen-bond donors (Lipinski definition) is 2. The predicted octanol–water partition coefficient (Wildman–Crippen LogP) is 3.80. The molecule has 110 valence electrons. The summed E-state index contributed by atoms with van der Waals surface area (Å²) in [6, 6.07) is 8.00. The Hall–Kier alpha value is -0.740. The van der Waals surface area contributed by atoms with E-state index in [-0.39, 0.29) is 24.8 Å². The van der Waals surface area contributed by atoms with Gasteiger partial charge in [0.15, 0.2) is 0 Å². The lowest BCUT2D eigenvalue weighted by Gasteiger charge is -2.04. The molecule has 2 aromatic rings. The third-order valence-corrected chi connectivity index (χ3v) is 3.74. The molecule has 0 radical (unpaired) electrons. The van der Waals surface area contributed by atoms with Gasteiger partial charge < -0.3 is 10.3 Å². The molecule has 0 aliphatic heterocycles. The summed E-state index contributed by atoms with van der Waals surface area (Å²) in [7, 11) is 0. The minimum absolute atomic E-state index is 0. The first-order chi connectivity index (χ1) is 8.83. The zero-order valence-electron chi connectivity index (χ0n) is 10.9. The molecule has 1 fully saturated rings. The molecule has 1 aliphatic carbocycles. The van der Waals surface area contributed by atoms with Gasteiger partial charge in [0.2, 0.25) is 0 Å². The van der Waals surface area contributed by atoms with Crippen molar-refractivity contribution in [1.29, 1.82) is 0 Å². The number of aromatic amines is 1. The Morgan fingerprint density at radius 1 is 1.25 bits per heavy atom. The summed E-state index contributed by atoms with van der Waals surface area (Å²) in [5.41, 5.74) is 2.55. The van der Waals surface area contributed by atoms with E-state index in [1.807, 2.05) is 18.3 Å². The predicted molar refractivity (Wildman–Crippen MR) is 87.1 cm³/mol. The number of hydrogen-bond acceptors (Lipinski definition) is 2. The van der Waals surface area contributed by atoms with Crippen LogP contribution in [0.15, 0.2) is 36.8 Å². The van der Waals surface area contributed by atoms with Gasteiger partial charge in [0.1, 0.15) is 0 Å². The average molecular weight is 335 g/mol. The van der Waals surface area contributed by atoms with Gasteiger partial charge in [0.05, 0.1) is 6.33 Å². The summed E-state index contributed by atoms with van der Waals surface area (Å²) in [6.45, 7) is 1.97. The van der Waals surface area contributed by atoms with Gasteiger partial charge in [0, 0.05) is 29.4 Å². The molecule has 0 saturated heterocycles. The highest BCUT2D eigenvalue weighted by atomic mass is 35.5. The van der Waals surface area contributed by atoms with Gasteiger partial charge in [-0.2, -0.15) is 0 Å². The summed E-state index contributed by atoms with van der Waals surface area (Å²) < 4.78 is 0. The number of benzene rings is 1. The number of rotatable bonds is 5. The third-order valence-electron chi connectivity index (χ3n) is 3.49. The number of imidazole rings is 1. The maximum absolute atomic E-state index is 5.85. The molecular formula is C14H18Cl3N3. The summed E-state index contributed by atoms with van der Waals surface area (Å²) >= 11 is 5.85. The van der Waals surface area contributed by atoms with Crippen LogP contribution in [0.1, 0.15) is 23.6 Å². The lowest BCUT2D eigenvalue weighted by molar-refractivity contribution is 0.625. The van der Waals surface area contributed by atoms with Crippen molar-refractivity contribution >= 4 is 36.4 Å². The first kappa shape index (κ1) is 17.3. The van der Waals surface area contributed by atoms with E-state index in [0.29, 0.717) is 5.92 Å². The van der Waals surface area contributed by atoms with Gasteiger partial charge in [0.25, 0.3) is 0 Å². The Kier molecular flexibility index (Phi) is 6.83. The number of aromatic nitrogens is 2. The maximum atomic E-state index is 5.85. The van der Waals surface area contributed by atoms with Crippen LogP contribution in [0.4, 0.5) is 0 Å². The molecule has 1 heterocycles. The molecule has 1 aliphatic rings. The molecule has 1 aromatic heterocycles. The van der Waals surface area contributed by atoms with Crippen molar-refractivity contribution in [3.05, 3.63) is 53.1 Å². The molecule has 3 rings (SSSR count). The summed E-state index contributed by atoms with van der Waals surface area (Å²) in [4.78, 5) is 7.26.